The van der Waals surface area contributed by atoms with Crippen LogP contribution < -0.4 is 15.5 Å². The Bertz CT molecular complexity index is 684. The molecule has 2 aliphatic rings. The summed E-state index contributed by atoms with van der Waals surface area (Å²) in [6.45, 7) is 5.96. The molecule has 2 fully saturated rings. The summed E-state index contributed by atoms with van der Waals surface area (Å²) >= 11 is 0. The quantitative estimate of drug-likeness (QED) is 0.253. The van der Waals surface area contributed by atoms with Gasteiger partial charge in [0, 0.05) is 26.2 Å². The Labute approximate surface area is 186 Å². The van der Waals surface area contributed by atoms with Gasteiger partial charge >= 0.3 is 0 Å². The summed E-state index contributed by atoms with van der Waals surface area (Å²) in [7, 11) is 0. The third-order valence-corrected chi connectivity index (χ3v) is 6.13. The van der Waals surface area contributed by atoms with Gasteiger partial charge in [0.15, 0.2) is 5.96 Å². The van der Waals surface area contributed by atoms with Crippen LogP contribution in [0.2, 0.25) is 0 Å². The maximum absolute atomic E-state index is 14.7. The summed E-state index contributed by atoms with van der Waals surface area (Å²) in [4.78, 5) is 6.61. The molecule has 0 aromatic heterocycles. The molecule has 0 spiro atoms. The molecule has 1 aromatic carbocycles. The van der Waals surface area contributed by atoms with Crippen LogP contribution in [0.1, 0.15) is 63.9 Å². The number of aliphatic hydroxyl groups is 1. The van der Waals surface area contributed by atoms with E-state index in [0.29, 0.717) is 57.4 Å². The first-order valence-electron chi connectivity index (χ1n) is 12.0. The Morgan fingerprint density at radius 1 is 1.13 bits per heavy atom. The third-order valence-electron chi connectivity index (χ3n) is 6.13. The van der Waals surface area contributed by atoms with Gasteiger partial charge in [-0.3, -0.25) is 0 Å². The second-order valence-corrected chi connectivity index (χ2v) is 8.61. The highest BCUT2D eigenvalue weighted by molar-refractivity contribution is 5.79. The molecular weight excluding hydrogens is 395 g/mol. The van der Waals surface area contributed by atoms with E-state index in [0.717, 1.165) is 18.1 Å². The first-order valence-corrected chi connectivity index (χ1v) is 12.0. The fourth-order valence-corrected chi connectivity index (χ4v) is 4.33. The number of aliphatic imine (C=N–C) groups is 1. The minimum atomic E-state index is -0.262. The van der Waals surface area contributed by atoms with Crippen LogP contribution in [0.15, 0.2) is 23.2 Å². The van der Waals surface area contributed by atoms with E-state index in [9.17, 15) is 9.50 Å². The van der Waals surface area contributed by atoms with Crippen molar-refractivity contribution in [3.05, 3.63) is 29.6 Å². The second-order valence-electron chi connectivity index (χ2n) is 8.61. The average molecular weight is 435 g/mol. The fourth-order valence-electron chi connectivity index (χ4n) is 4.33. The first kappa shape index (κ1) is 23.8. The molecule has 7 heteroatoms. The topological polar surface area (TPSA) is 69.1 Å². The van der Waals surface area contributed by atoms with Crippen LogP contribution in [-0.4, -0.2) is 56.1 Å². The maximum atomic E-state index is 14.7. The van der Waals surface area contributed by atoms with Crippen molar-refractivity contribution in [3.63, 3.8) is 0 Å². The molecule has 1 saturated heterocycles. The Kier molecular flexibility index (Phi) is 9.87. The second kappa shape index (κ2) is 12.9. The molecule has 1 aromatic rings. The van der Waals surface area contributed by atoms with Crippen molar-refractivity contribution in [3.8, 4) is 0 Å². The standard InChI is InChI=1S/C24H39FN4O2/c1-2-26-24(27-13-16-31-21-7-5-3-4-6-8-21)28-18-19-9-10-23(22(25)17-19)29-14-11-20(30)12-15-29/h9-10,17,20-21,30H,2-8,11-16,18H2,1H3,(H2,26,27,28). The van der Waals surface area contributed by atoms with Crippen molar-refractivity contribution >= 4 is 11.6 Å². The van der Waals surface area contributed by atoms with Crippen LogP contribution in [0, 0.1) is 5.82 Å². The largest absolute Gasteiger partial charge is 0.393 e. The van der Waals surface area contributed by atoms with Gasteiger partial charge in [0.1, 0.15) is 5.82 Å². The van der Waals surface area contributed by atoms with Gasteiger partial charge in [-0.15, -0.1) is 0 Å². The molecule has 0 unspecified atom stereocenters. The van der Waals surface area contributed by atoms with Crippen LogP contribution >= 0.6 is 0 Å². The lowest BCUT2D eigenvalue weighted by atomic mass is 10.1. The Balaban J connectivity index is 1.47. The van der Waals surface area contributed by atoms with Crippen LogP contribution in [0.3, 0.4) is 0 Å². The van der Waals surface area contributed by atoms with Gasteiger partial charge in [0.05, 0.1) is 31.0 Å². The molecule has 0 bridgehead atoms. The molecule has 1 saturated carbocycles. The smallest absolute Gasteiger partial charge is 0.191 e. The van der Waals surface area contributed by atoms with Crippen LogP contribution in [0.4, 0.5) is 10.1 Å². The number of rotatable bonds is 8. The number of nitrogens with zero attached hydrogens (tertiary/aromatic N) is 2. The lowest BCUT2D eigenvalue weighted by Crippen LogP contribution is -2.39. The monoisotopic (exact) mass is 434 g/mol. The number of ether oxygens (including phenoxy) is 1. The average Bonchev–Trinajstić information content (AvgIpc) is 3.05. The zero-order chi connectivity index (χ0) is 21.9. The molecule has 174 valence electrons. The Morgan fingerprint density at radius 2 is 1.87 bits per heavy atom. The minimum Gasteiger partial charge on any atom is -0.393 e. The van der Waals surface area contributed by atoms with E-state index in [-0.39, 0.29) is 11.9 Å². The van der Waals surface area contributed by atoms with E-state index < -0.39 is 0 Å². The number of hydrogen-bond acceptors (Lipinski definition) is 4. The van der Waals surface area contributed by atoms with E-state index in [2.05, 4.69) is 15.6 Å². The molecule has 0 radical (unpaired) electrons. The van der Waals surface area contributed by atoms with Crippen molar-refractivity contribution < 1.29 is 14.2 Å². The highest BCUT2D eigenvalue weighted by Crippen LogP contribution is 2.24. The fraction of sp³-hybridized carbons (Fsp3) is 0.708. The molecule has 3 N–H and O–H groups in total. The van der Waals surface area contributed by atoms with Gasteiger partial charge in [-0.05, 0) is 50.3 Å². The highest BCUT2D eigenvalue weighted by atomic mass is 19.1. The maximum Gasteiger partial charge on any atom is 0.191 e. The van der Waals surface area contributed by atoms with Crippen LogP contribution in [0.25, 0.3) is 0 Å². The predicted octanol–water partition coefficient (Wildman–Crippen LogP) is 3.58. The lowest BCUT2D eigenvalue weighted by molar-refractivity contribution is 0.0468. The highest BCUT2D eigenvalue weighted by Gasteiger charge is 2.19. The van der Waals surface area contributed by atoms with E-state index in [1.165, 1.54) is 38.5 Å². The van der Waals surface area contributed by atoms with E-state index in [1.807, 2.05) is 24.0 Å². The van der Waals surface area contributed by atoms with Crippen molar-refractivity contribution in [1.82, 2.24) is 10.6 Å². The van der Waals surface area contributed by atoms with Crippen molar-refractivity contribution in [2.75, 3.05) is 37.7 Å². The van der Waals surface area contributed by atoms with E-state index in [1.54, 1.807) is 6.07 Å². The summed E-state index contributed by atoms with van der Waals surface area (Å²) in [5.74, 6) is 0.500. The molecule has 0 atom stereocenters. The van der Waals surface area contributed by atoms with Gasteiger partial charge in [-0.1, -0.05) is 31.7 Å². The zero-order valence-corrected chi connectivity index (χ0v) is 18.9. The Hall–Kier alpha value is -1.86. The van der Waals surface area contributed by atoms with Crippen LogP contribution in [0.5, 0.6) is 0 Å². The van der Waals surface area contributed by atoms with Crippen LogP contribution in [-0.2, 0) is 11.3 Å². The molecule has 31 heavy (non-hydrogen) atoms. The SMILES string of the molecule is CCNC(=NCc1ccc(N2CCC(O)CC2)c(F)c1)NCCOC1CCCCCC1. The molecule has 6 nitrogen and oxygen atoms in total. The molecule has 1 heterocycles. The number of hydrogen-bond donors (Lipinski definition) is 3. The number of aliphatic hydroxyl groups excluding tert-OH is 1. The summed E-state index contributed by atoms with van der Waals surface area (Å²) < 4.78 is 20.7. The minimum absolute atomic E-state index is 0.223. The normalized spacial score (nSPS) is 19.3. The van der Waals surface area contributed by atoms with Gasteiger partial charge in [0.2, 0.25) is 0 Å². The number of piperidine rings is 1. The summed E-state index contributed by atoms with van der Waals surface area (Å²) in [5.41, 5.74) is 1.45. The summed E-state index contributed by atoms with van der Waals surface area (Å²) in [6.07, 6.45) is 9.07. The summed E-state index contributed by atoms with van der Waals surface area (Å²) in [6, 6.07) is 5.34. The molecule has 0 amide bonds. The molecule has 3 rings (SSSR count). The van der Waals surface area contributed by atoms with Gasteiger partial charge < -0.3 is 25.4 Å². The Morgan fingerprint density at radius 3 is 2.55 bits per heavy atom. The predicted molar refractivity (Wildman–Crippen MR) is 124 cm³/mol. The van der Waals surface area contributed by atoms with E-state index in [4.69, 9.17) is 4.74 Å². The number of guanidine groups is 1. The van der Waals surface area contributed by atoms with E-state index >= 15 is 0 Å². The van der Waals surface area contributed by atoms with Gasteiger partial charge in [0.25, 0.3) is 0 Å². The number of anilines is 1. The van der Waals surface area contributed by atoms with Gasteiger partial charge in [-0.2, -0.15) is 0 Å². The number of halogens is 1. The van der Waals surface area contributed by atoms with Crippen molar-refractivity contribution in [2.24, 2.45) is 4.99 Å². The van der Waals surface area contributed by atoms with Gasteiger partial charge in [-0.25, -0.2) is 9.38 Å². The number of benzene rings is 1. The number of nitrogens with one attached hydrogen (secondary N) is 2. The molecule has 1 aliphatic heterocycles. The zero-order valence-electron chi connectivity index (χ0n) is 18.9. The first-order chi connectivity index (χ1) is 15.2. The molecular formula is C24H39FN4O2. The summed E-state index contributed by atoms with van der Waals surface area (Å²) in [5, 5.41) is 16.2. The third kappa shape index (κ3) is 7.96. The molecule has 1 aliphatic carbocycles. The van der Waals surface area contributed by atoms with Crippen molar-refractivity contribution in [1.29, 1.82) is 0 Å². The van der Waals surface area contributed by atoms with Crippen molar-refractivity contribution in [2.45, 2.75) is 77.0 Å². The lowest BCUT2D eigenvalue weighted by Gasteiger charge is -2.31.